The van der Waals surface area contributed by atoms with Gasteiger partial charge in [0.05, 0.1) is 44.7 Å². The standard InChI is InChI=1S/C33H27IN2O9S/c1-4-42-32(40)27-17(2)35-33-36(28(27)20-8-9-23-24(14-20)45-16-44-23)30(37)26(46-33)13-19-11-22(34)29(25(12-19)41-3)43-15-18-6-5-7-21(10-18)31(38)39/h5-14,28H,4,15-16H2,1-3H3,(H,38,39)/b26-13-/t28-/m1/s1. The topological polar surface area (TPSA) is 135 Å². The predicted molar refractivity (Wildman–Crippen MR) is 176 cm³/mol. The van der Waals surface area contributed by atoms with Crippen molar-refractivity contribution in [3.63, 3.8) is 0 Å². The van der Waals surface area contributed by atoms with E-state index in [1.54, 1.807) is 62.4 Å². The molecule has 11 nitrogen and oxygen atoms in total. The number of aromatic carboxylic acids is 1. The number of carboxylic acids is 1. The van der Waals surface area contributed by atoms with Crippen molar-refractivity contribution in [2.45, 2.75) is 26.5 Å². The first-order valence-electron chi connectivity index (χ1n) is 14.1. The third-order valence-corrected chi connectivity index (χ3v) is 9.12. The highest BCUT2D eigenvalue weighted by Crippen LogP contribution is 2.38. The second-order valence-electron chi connectivity index (χ2n) is 10.2. The van der Waals surface area contributed by atoms with Crippen LogP contribution in [0.3, 0.4) is 0 Å². The van der Waals surface area contributed by atoms with Crippen LogP contribution in [0.1, 0.15) is 46.9 Å². The van der Waals surface area contributed by atoms with E-state index in [0.29, 0.717) is 54.7 Å². The molecule has 0 bridgehead atoms. The van der Waals surface area contributed by atoms with Gasteiger partial charge in [0.15, 0.2) is 27.8 Å². The number of fused-ring (bicyclic) bond motifs is 2. The van der Waals surface area contributed by atoms with Gasteiger partial charge in [-0.1, -0.05) is 29.5 Å². The number of carbonyl (C=O) groups is 2. The van der Waals surface area contributed by atoms with Gasteiger partial charge in [-0.2, -0.15) is 0 Å². The number of aromatic nitrogens is 1. The summed E-state index contributed by atoms with van der Waals surface area (Å²) in [5.41, 5.74) is 2.61. The number of allylic oxidation sites excluding steroid dienone is 1. The lowest BCUT2D eigenvalue weighted by Gasteiger charge is -2.24. The molecule has 1 N–H and O–H groups in total. The number of carbonyl (C=O) groups excluding carboxylic acids is 1. The van der Waals surface area contributed by atoms with Crippen LogP contribution in [0.4, 0.5) is 0 Å². The summed E-state index contributed by atoms with van der Waals surface area (Å²) < 4.78 is 30.8. The Bertz CT molecular complexity index is 2100. The zero-order valence-corrected chi connectivity index (χ0v) is 27.8. The van der Waals surface area contributed by atoms with E-state index in [1.165, 1.54) is 29.1 Å². The van der Waals surface area contributed by atoms with Crippen LogP contribution < -0.4 is 33.8 Å². The molecule has 0 spiro atoms. The van der Waals surface area contributed by atoms with Crippen LogP contribution in [-0.4, -0.2) is 42.1 Å². The first-order chi connectivity index (χ1) is 22.2. The maximum atomic E-state index is 14.1. The molecule has 0 aliphatic carbocycles. The molecule has 6 rings (SSSR count). The predicted octanol–water partition coefficient (Wildman–Crippen LogP) is 4.42. The van der Waals surface area contributed by atoms with E-state index in [-0.39, 0.29) is 36.7 Å². The number of nitrogens with zero attached hydrogens (tertiary/aromatic N) is 2. The van der Waals surface area contributed by atoms with E-state index in [2.05, 4.69) is 27.6 Å². The second kappa shape index (κ2) is 13.0. The number of rotatable bonds is 9. The fourth-order valence-corrected chi connectivity index (χ4v) is 7.08. The summed E-state index contributed by atoms with van der Waals surface area (Å²) in [5.74, 6) is 0.470. The van der Waals surface area contributed by atoms with Gasteiger partial charge in [-0.15, -0.1) is 0 Å². The van der Waals surface area contributed by atoms with Gasteiger partial charge in [0.1, 0.15) is 6.61 Å². The van der Waals surface area contributed by atoms with E-state index in [9.17, 15) is 19.5 Å². The minimum absolute atomic E-state index is 0.0884. The average Bonchev–Trinajstić information content (AvgIpc) is 3.63. The van der Waals surface area contributed by atoms with Crippen molar-refractivity contribution in [3.05, 3.63) is 111 Å². The molecule has 1 atom stereocenters. The zero-order chi connectivity index (χ0) is 32.5. The summed E-state index contributed by atoms with van der Waals surface area (Å²) in [6.07, 6.45) is 1.74. The molecule has 0 saturated heterocycles. The summed E-state index contributed by atoms with van der Waals surface area (Å²) >= 11 is 3.34. The number of ether oxygens (including phenoxy) is 5. The van der Waals surface area contributed by atoms with E-state index in [0.717, 1.165) is 3.57 Å². The van der Waals surface area contributed by atoms with Crippen LogP contribution in [0, 0.1) is 3.57 Å². The molecule has 13 heteroatoms. The molecule has 2 aliphatic heterocycles. The van der Waals surface area contributed by atoms with Gasteiger partial charge in [-0.05, 0) is 95.6 Å². The van der Waals surface area contributed by atoms with Gasteiger partial charge < -0.3 is 28.8 Å². The molecule has 0 amide bonds. The third kappa shape index (κ3) is 5.99. The van der Waals surface area contributed by atoms with Gasteiger partial charge in [-0.3, -0.25) is 9.36 Å². The molecule has 3 aromatic carbocycles. The first-order valence-corrected chi connectivity index (χ1v) is 16.0. The fraction of sp³-hybridized carbons (Fsp3) is 0.212. The van der Waals surface area contributed by atoms with Crippen LogP contribution in [0.25, 0.3) is 6.08 Å². The van der Waals surface area contributed by atoms with E-state index in [4.69, 9.17) is 23.7 Å². The van der Waals surface area contributed by atoms with Crippen LogP contribution in [0.2, 0.25) is 0 Å². The van der Waals surface area contributed by atoms with Gasteiger partial charge >= 0.3 is 11.9 Å². The largest absolute Gasteiger partial charge is 0.493 e. The number of carboxylic acid groups (broad SMARTS) is 1. The first kappa shape index (κ1) is 31.4. The molecule has 0 fully saturated rings. The number of hydrogen-bond donors (Lipinski definition) is 1. The molecule has 4 aromatic rings. The third-order valence-electron chi connectivity index (χ3n) is 7.34. The number of thiazole rings is 1. The molecule has 0 unspecified atom stereocenters. The Labute approximate surface area is 280 Å². The molecular formula is C33H27IN2O9S. The highest BCUT2D eigenvalue weighted by atomic mass is 127. The fourth-order valence-electron chi connectivity index (χ4n) is 5.25. The Morgan fingerprint density at radius 1 is 1.15 bits per heavy atom. The average molecular weight is 755 g/mol. The maximum Gasteiger partial charge on any atom is 0.338 e. The monoisotopic (exact) mass is 754 g/mol. The normalized spacial score (nSPS) is 15.3. The minimum Gasteiger partial charge on any atom is -0.493 e. The Morgan fingerprint density at radius 3 is 2.72 bits per heavy atom. The highest BCUT2D eigenvalue weighted by Gasteiger charge is 2.34. The van der Waals surface area contributed by atoms with Gasteiger partial charge in [-0.25, -0.2) is 14.6 Å². The number of halogens is 1. The smallest absolute Gasteiger partial charge is 0.338 e. The number of methoxy groups -OCH3 is 1. The van der Waals surface area contributed by atoms with Crippen molar-refractivity contribution in [2.75, 3.05) is 20.5 Å². The SMILES string of the molecule is CCOC(=O)C1=C(C)N=c2s/c(=C\c3cc(I)c(OCc4cccc(C(=O)O)c4)c(OC)c3)c(=O)n2[C@@H]1c1ccc2c(c1)OCO2. The molecular weight excluding hydrogens is 727 g/mol. The number of esters is 1. The molecule has 1 aromatic heterocycles. The quantitative estimate of drug-likeness (QED) is 0.195. The van der Waals surface area contributed by atoms with Gasteiger partial charge in [0.25, 0.3) is 5.56 Å². The number of benzene rings is 3. The second-order valence-corrected chi connectivity index (χ2v) is 12.4. The zero-order valence-electron chi connectivity index (χ0n) is 24.9. The van der Waals surface area contributed by atoms with Crippen LogP contribution >= 0.6 is 33.9 Å². The summed E-state index contributed by atoms with van der Waals surface area (Å²) in [5, 5.41) is 9.30. The summed E-state index contributed by atoms with van der Waals surface area (Å²) in [6, 6.07) is 14.7. The van der Waals surface area contributed by atoms with Crippen molar-refractivity contribution in [1.82, 2.24) is 4.57 Å². The lowest BCUT2D eigenvalue weighted by Crippen LogP contribution is -2.39. The lowest BCUT2D eigenvalue weighted by molar-refractivity contribution is -0.139. The Kier molecular flexibility index (Phi) is 8.86. The van der Waals surface area contributed by atoms with E-state index < -0.39 is 18.0 Å². The lowest BCUT2D eigenvalue weighted by atomic mass is 9.95. The van der Waals surface area contributed by atoms with Crippen molar-refractivity contribution in [2.24, 2.45) is 4.99 Å². The molecule has 3 heterocycles. The highest BCUT2D eigenvalue weighted by molar-refractivity contribution is 14.1. The van der Waals surface area contributed by atoms with Crippen LogP contribution in [0.15, 0.2) is 75.7 Å². The summed E-state index contributed by atoms with van der Waals surface area (Å²) in [7, 11) is 1.52. The van der Waals surface area contributed by atoms with E-state index in [1.807, 2.05) is 6.07 Å². The molecule has 0 saturated carbocycles. The molecule has 236 valence electrons. The summed E-state index contributed by atoms with van der Waals surface area (Å²) in [6.45, 7) is 3.84. The summed E-state index contributed by atoms with van der Waals surface area (Å²) in [4.78, 5) is 43.7. The van der Waals surface area contributed by atoms with Crippen molar-refractivity contribution < 1.29 is 38.4 Å². The van der Waals surface area contributed by atoms with Gasteiger partial charge in [0, 0.05) is 0 Å². The molecule has 0 radical (unpaired) electrons. The number of hydrogen-bond acceptors (Lipinski definition) is 10. The Morgan fingerprint density at radius 2 is 1.96 bits per heavy atom. The Hall–Kier alpha value is -4.63. The molecule has 46 heavy (non-hydrogen) atoms. The van der Waals surface area contributed by atoms with Gasteiger partial charge in [0.2, 0.25) is 6.79 Å². The van der Waals surface area contributed by atoms with E-state index >= 15 is 0 Å². The Balaban J connectivity index is 1.39. The van der Waals surface area contributed by atoms with Crippen molar-refractivity contribution in [1.29, 1.82) is 0 Å². The molecule has 2 aliphatic rings. The van der Waals surface area contributed by atoms with Crippen molar-refractivity contribution >= 4 is 51.9 Å². The van der Waals surface area contributed by atoms with Crippen LogP contribution in [0.5, 0.6) is 23.0 Å². The van der Waals surface area contributed by atoms with Crippen molar-refractivity contribution in [3.8, 4) is 23.0 Å². The van der Waals surface area contributed by atoms with Crippen LogP contribution in [-0.2, 0) is 16.1 Å². The minimum atomic E-state index is -1.02. The maximum absolute atomic E-state index is 14.1.